The van der Waals surface area contributed by atoms with Gasteiger partial charge in [0.1, 0.15) is 5.76 Å². The maximum Gasteiger partial charge on any atom is 0.303 e. The third-order valence-electron chi connectivity index (χ3n) is 1.33. The first-order valence-corrected chi connectivity index (χ1v) is 3.55. The van der Waals surface area contributed by atoms with E-state index in [-0.39, 0.29) is 6.61 Å². The van der Waals surface area contributed by atoms with Crippen molar-refractivity contribution in [3.63, 3.8) is 0 Å². The van der Waals surface area contributed by atoms with Crippen molar-refractivity contribution in [2.75, 3.05) is 6.61 Å². The zero-order valence-electron chi connectivity index (χ0n) is 6.69. The summed E-state index contributed by atoms with van der Waals surface area (Å²) in [5, 5.41) is 8.81. The van der Waals surface area contributed by atoms with Crippen LogP contribution in [0.5, 0.6) is 0 Å². The normalized spacial score (nSPS) is 12.5. The molecule has 1 heterocycles. The van der Waals surface area contributed by atoms with Crippen LogP contribution in [0.3, 0.4) is 0 Å². The van der Waals surface area contributed by atoms with E-state index in [0.29, 0.717) is 5.76 Å². The SMILES string of the molecule is CC(=O)OC(CO)c1ccco1. The van der Waals surface area contributed by atoms with Crippen LogP contribution in [0.1, 0.15) is 18.8 Å². The molecule has 0 aliphatic rings. The van der Waals surface area contributed by atoms with Gasteiger partial charge in [-0.2, -0.15) is 0 Å². The molecule has 1 rings (SSSR count). The lowest BCUT2D eigenvalue weighted by atomic mass is 10.3. The number of hydrogen-bond donors (Lipinski definition) is 1. The van der Waals surface area contributed by atoms with Crippen LogP contribution in [-0.2, 0) is 9.53 Å². The largest absolute Gasteiger partial charge is 0.465 e. The van der Waals surface area contributed by atoms with Crippen molar-refractivity contribution < 1.29 is 19.1 Å². The van der Waals surface area contributed by atoms with Crippen LogP contribution in [0.2, 0.25) is 0 Å². The molecule has 12 heavy (non-hydrogen) atoms. The Bertz CT molecular complexity index is 240. The van der Waals surface area contributed by atoms with E-state index >= 15 is 0 Å². The number of rotatable bonds is 3. The summed E-state index contributed by atoms with van der Waals surface area (Å²) in [5.41, 5.74) is 0. The van der Waals surface area contributed by atoms with Crippen LogP contribution >= 0.6 is 0 Å². The van der Waals surface area contributed by atoms with E-state index in [1.165, 1.54) is 13.2 Å². The van der Waals surface area contributed by atoms with Crippen LogP contribution in [0.4, 0.5) is 0 Å². The van der Waals surface area contributed by atoms with Crippen LogP contribution in [0.25, 0.3) is 0 Å². The molecule has 1 atom stereocenters. The van der Waals surface area contributed by atoms with Gasteiger partial charge in [0.2, 0.25) is 0 Å². The number of aliphatic hydroxyl groups excluding tert-OH is 1. The molecule has 0 aliphatic heterocycles. The zero-order valence-corrected chi connectivity index (χ0v) is 6.69. The highest BCUT2D eigenvalue weighted by Gasteiger charge is 2.15. The quantitative estimate of drug-likeness (QED) is 0.684. The van der Waals surface area contributed by atoms with Crippen molar-refractivity contribution in [1.29, 1.82) is 0 Å². The maximum absolute atomic E-state index is 10.5. The predicted octanol–water partition coefficient (Wildman–Crippen LogP) is 0.876. The molecule has 0 saturated heterocycles. The van der Waals surface area contributed by atoms with Crippen molar-refractivity contribution in [2.45, 2.75) is 13.0 Å². The standard InChI is InChI=1S/C8H10O4/c1-6(10)12-8(5-9)7-3-2-4-11-7/h2-4,8-9H,5H2,1H3. The highest BCUT2D eigenvalue weighted by atomic mass is 16.6. The van der Waals surface area contributed by atoms with E-state index in [1.807, 2.05) is 0 Å². The molecule has 66 valence electrons. The predicted molar refractivity (Wildman–Crippen MR) is 40.3 cm³/mol. The lowest BCUT2D eigenvalue weighted by molar-refractivity contribution is -0.149. The number of furan rings is 1. The Morgan fingerprint density at radius 2 is 2.58 bits per heavy atom. The highest BCUT2D eigenvalue weighted by molar-refractivity contribution is 5.66. The fourth-order valence-electron chi connectivity index (χ4n) is 0.860. The Kier molecular flexibility index (Phi) is 2.88. The molecule has 1 N–H and O–H groups in total. The molecule has 0 bridgehead atoms. The number of carbonyl (C=O) groups excluding carboxylic acids is 1. The summed E-state index contributed by atoms with van der Waals surface area (Å²) in [4.78, 5) is 10.5. The van der Waals surface area contributed by atoms with E-state index in [9.17, 15) is 4.79 Å². The summed E-state index contributed by atoms with van der Waals surface area (Å²) < 4.78 is 9.71. The Morgan fingerprint density at radius 3 is 3.00 bits per heavy atom. The van der Waals surface area contributed by atoms with Gasteiger partial charge in [-0.05, 0) is 12.1 Å². The fraction of sp³-hybridized carbons (Fsp3) is 0.375. The van der Waals surface area contributed by atoms with Gasteiger partial charge in [-0.3, -0.25) is 4.79 Å². The maximum atomic E-state index is 10.5. The monoisotopic (exact) mass is 170 g/mol. The smallest absolute Gasteiger partial charge is 0.303 e. The Balaban J connectivity index is 2.63. The minimum atomic E-state index is -0.683. The van der Waals surface area contributed by atoms with Crippen molar-refractivity contribution in [2.24, 2.45) is 0 Å². The van der Waals surface area contributed by atoms with Crippen molar-refractivity contribution in [3.8, 4) is 0 Å². The van der Waals surface area contributed by atoms with Crippen molar-refractivity contribution in [1.82, 2.24) is 0 Å². The zero-order chi connectivity index (χ0) is 8.97. The first kappa shape index (κ1) is 8.80. The number of hydrogen-bond acceptors (Lipinski definition) is 4. The average molecular weight is 170 g/mol. The van der Waals surface area contributed by atoms with Crippen molar-refractivity contribution >= 4 is 5.97 Å². The molecule has 0 saturated carbocycles. The third kappa shape index (κ3) is 2.10. The minimum absolute atomic E-state index is 0.271. The number of aliphatic hydroxyl groups is 1. The second-order valence-electron chi connectivity index (χ2n) is 2.30. The van der Waals surface area contributed by atoms with Gasteiger partial charge in [-0.25, -0.2) is 0 Å². The van der Waals surface area contributed by atoms with E-state index in [1.54, 1.807) is 12.1 Å². The van der Waals surface area contributed by atoms with Crippen LogP contribution < -0.4 is 0 Å². The molecular weight excluding hydrogens is 160 g/mol. The molecule has 1 unspecified atom stereocenters. The molecule has 4 nitrogen and oxygen atoms in total. The average Bonchev–Trinajstić information content (AvgIpc) is 2.51. The molecule has 0 spiro atoms. The fourth-order valence-corrected chi connectivity index (χ4v) is 0.860. The molecule has 4 heteroatoms. The Morgan fingerprint density at radius 1 is 1.83 bits per heavy atom. The lowest BCUT2D eigenvalue weighted by Crippen LogP contribution is -2.11. The van der Waals surface area contributed by atoms with Gasteiger partial charge in [0.25, 0.3) is 0 Å². The number of carbonyl (C=O) groups is 1. The molecule has 1 aromatic rings. The summed E-state index contributed by atoms with van der Waals surface area (Å²) in [6, 6.07) is 3.31. The van der Waals surface area contributed by atoms with Gasteiger partial charge in [0.15, 0.2) is 6.10 Å². The summed E-state index contributed by atoms with van der Waals surface area (Å²) in [7, 11) is 0. The first-order valence-electron chi connectivity index (χ1n) is 3.55. The number of ether oxygens (including phenoxy) is 1. The van der Waals surface area contributed by atoms with Crippen LogP contribution in [-0.4, -0.2) is 17.7 Å². The second kappa shape index (κ2) is 3.92. The van der Waals surface area contributed by atoms with Crippen LogP contribution in [0, 0.1) is 0 Å². The summed E-state index contributed by atoms with van der Waals surface area (Å²) in [6.07, 6.45) is 0.777. The van der Waals surface area contributed by atoms with E-state index in [4.69, 9.17) is 14.3 Å². The number of esters is 1. The lowest BCUT2D eigenvalue weighted by Gasteiger charge is -2.10. The second-order valence-corrected chi connectivity index (χ2v) is 2.30. The van der Waals surface area contributed by atoms with Gasteiger partial charge < -0.3 is 14.3 Å². The van der Waals surface area contributed by atoms with E-state index in [2.05, 4.69) is 0 Å². The highest BCUT2D eigenvalue weighted by Crippen LogP contribution is 2.16. The van der Waals surface area contributed by atoms with E-state index < -0.39 is 12.1 Å². The van der Waals surface area contributed by atoms with Crippen LogP contribution in [0.15, 0.2) is 22.8 Å². The molecule has 0 fully saturated rings. The first-order chi connectivity index (χ1) is 5.74. The summed E-state index contributed by atoms with van der Waals surface area (Å²) in [5.74, 6) is 0.0122. The molecule has 0 aliphatic carbocycles. The molecular formula is C8H10O4. The molecule has 0 aromatic carbocycles. The van der Waals surface area contributed by atoms with Crippen molar-refractivity contribution in [3.05, 3.63) is 24.2 Å². The minimum Gasteiger partial charge on any atom is -0.465 e. The Labute approximate surface area is 69.8 Å². The Hall–Kier alpha value is -1.29. The van der Waals surface area contributed by atoms with Gasteiger partial charge in [0.05, 0.1) is 12.9 Å². The molecule has 0 amide bonds. The van der Waals surface area contributed by atoms with Gasteiger partial charge in [0, 0.05) is 6.92 Å². The third-order valence-corrected chi connectivity index (χ3v) is 1.33. The van der Waals surface area contributed by atoms with Gasteiger partial charge in [-0.15, -0.1) is 0 Å². The molecule has 0 radical (unpaired) electrons. The topological polar surface area (TPSA) is 59.7 Å². The van der Waals surface area contributed by atoms with Gasteiger partial charge in [-0.1, -0.05) is 0 Å². The molecule has 1 aromatic heterocycles. The van der Waals surface area contributed by atoms with Gasteiger partial charge >= 0.3 is 5.97 Å². The summed E-state index contributed by atoms with van der Waals surface area (Å²) in [6.45, 7) is 1.01. The van der Waals surface area contributed by atoms with E-state index in [0.717, 1.165) is 0 Å². The summed E-state index contributed by atoms with van der Waals surface area (Å²) >= 11 is 0.